The Bertz CT molecular complexity index is 307. The first-order valence-corrected chi connectivity index (χ1v) is 6.15. The monoisotopic (exact) mass is 229 g/mol. The van der Waals surface area contributed by atoms with Gasteiger partial charge in [-0.2, -0.15) is 0 Å². The number of aromatic nitrogens is 2. The van der Waals surface area contributed by atoms with E-state index in [0.29, 0.717) is 11.0 Å². The Kier molecular flexibility index (Phi) is 5.39. The molecule has 0 atom stereocenters. The third kappa shape index (κ3) is 4.03. The quantitative estimate of drug-likeness (QED) is 0.462. The fraction of sp³-hybridized carbons (Fsp3) is 0.600. The first-order chi connectivity index (χ1) is 7.27. The van der Waals surface area contributed by atoms with Crippen molar-refractivity contribution in [1.29, 1.82) is 0 Å². The minimum absolute atomic E-state index is 0.335. The molecule has 0 spiro atoms. The van der Waals surface area contributed by atoms with Gasteiger partial charge in [-0.15, -0.1) is 11.8 Å². The van der Waals surface area contributed by atoms with E-state index in [1.807, 2.05) is 6.92 Å². The lowest BCUT2D eigenvalue weighted by molar-refractivity contribution is 0.580. The van der Waals surface area contributed by atoms with Crippen molar-refractivity contribution in [1.82, 2.24) is 9.97 Å². The fourth-order valence-corrected chi connectivity index (χ4v) is 1.98. The van der Waals surface area contributed by atoms with Crippen LogP contribution in [0.5, 0.6) is 0 Å². The second-order valence-corrected chi connectivity index (χ2v) is 4.16. The van der Waals surface area contributed by atoms with Crippen LogP contribution in [0.3, 0.4) is 0 Å². The van der Waals surface area contributed by atoms with Gasteiger partial charge in [0.2, 0.25) is 5.95 Å². The normalized spacial score (nSPS) is 10.3. The maximum Gasteiger partial charge on any atom is 0.223 e. The van der Waals surface area contributed by atoms with Gasteiger partial charge in [-0.1, -0.05) is 13.3 Å². The van der Waals surface area contributed by atoms with E-state index in [1.54, 1.807) is 0 Å². The van der Waals surface area contributed by atoms with Crippen molar-refractivity contribution in [2.24, 2.45) is 0 Å². The lowest BCUT2D eigenvalue weighted by atomic mass is 10.4. The van der Waals surface area contributed by atoms with Crippen LogP contribution in [0, 0.1) is 5.82 Å². The second kappa shape index (κ2) is 6.61. The molecule has 1 rings (SSSR count). The van der Waals surface area contributed by atoms with E-state index in [1.165, 1.54) is 18.0 Å². The molecule has 0 fully saturated rings. The van der Waals surface area contributed by atoms with Crippen molar-refractivity contribution in [2.45, 2.75) is 31.7 Å². The average Bonchev–Trinajstić information content (AvgIpc) is 2.23. The van der Waals surface area contributed by atoms with Crippen LogP contribution in [0.1, 0.15) is 26.7 Å². The number of anilines is 1. The molecule has 0 saturated carbocycles. The molecule has 0 aromatic carbocycles. The fourth-order valence-electron chi connectivity index (χ4n) is 1.01. The molecule has 0 amide bonds. The molecule has 1 aromatic heterocycles. The molecule has 0 saturated heterocycles. The molecule has 1 heterocycles. The van der Waals surface area contributed by atoms with Crippen LogP contribution in [0.15, 0.2) is 11.2 Å². The summed E-state index contributed by atoms with van der Waals surface area (Å²) in [6, 6.07) is 0. The van der Waals surface area contributed by atoms with Crippen LogP contribution in [0.2, 0.25) is 0 Å². The van der Waals surface area contributed by atoms with E-state index >= 15 is 0 Å². The highest BCUT2D eigenvalue weighted by molar-refractivity contribution is 7.99. The molecule has 3 nitrogen and oxygen atoms in total. The highest BCUT2D eigenvalue weighted by atomic mass is 32.2. The SMILES string of the molecule is CCCCSc1nc(NCC)ncc1F. The molecule has 0 unspecified atom stereocenters. The summed E-state index contributed by atoms with van der Waals surface area (Å²) in [5, 5.41) is 3.40. The molecule has 0 aliphatic carbocycles. The molecule has 1 aromatic rings. The Labute approximate surface area is 93.9 Å². The Hall–Kier alpha value is -0.840. The topological polar surface area (TPSA) is 37.8 Å². The zero-order valence-corrected chi connectivity index (χ0v) is 9.90. The van der Waals surface area contributed by atoms with Crippen molar-refractivity contribution in [3.8, 4) is 0 Å². The molecule has 5 heteroatoms. The lowest BCUT2D eigenvalue weighted by Gasteiger charge is -2.04. The molecule has 0 aliphatic rings. The number of nitrogens with zero attached hydrogens (tertiary/aromatic N) is 2. The van der Waals surface area contributed by atoms with E-state index in [-0.39, 0.29) is 5.82 Å². The Morgan fingerprint density at radius 2 is 2.27 bits per heavy atom. The van der Waals surface area contributed by atoms with Crippen molar-refractivity contribution in [3.05, 3.63) is 12.0 Å². The lowest BCUT2D eigenvalue weighted by Crippen LogP contribution is -2.03. The zero-order chi connectivity index (χ0) is 11.1. The standard InChI is InChI=1S/C10H16FN3S/c1-3-5-6-15-9-8(11)7-13-10(14-9)12-4-2/h7H,3-6H2,1-2H3,(H,12,13,14). The highest BCUT2D eigenvalue weighted by Gasteiger charge is 2.06. The number of rotatable bonds is 6. The van der Waals surface area contributed by atoms with Crippen molar-refractivity contribution in [3.63, 3.8) is 0 Å². The summed E-state index contributed by atoms with van der Waals surface area (Å²) in [4.78, 5) is 7.95. The Morgan fingerprint density at radius 3 is 2.93 bits per heavy atom. The predicted molar refractivity (Wildman–Crippen MR) is 61.8 cm³/mol. The minimum Gasteiger partial charge on any atom is -0.354 e. The van der Waals surface area contributed by atoms with Gasteiger partial charge in [0.1, 0.15) is 5.03 Å². The van der Waals surface area contributed by atoms with Gasteiger partial charge >= 0.3 is 0 Å². The minimum atomic E-state index is -0.335. The summed E-state index contributed by atoms with van der Waals surface area (Å²) in [7, 11) is 0. The van der Waals surface area contributed by atoms with E-state index in [2.05, 4.69) is 22.2 Å². The summed E-state index contributed by atoms with van der Waals surface area (Å²) in [5.74, 6) is 1.06. The summed E-state index contributed by atoms with van der Waals surface area (Å²) in [5.41, 5.74) is 0. The van der Waals surface area contributed by atoms with Gasteiger partial charge in [0.15, 0.2) is 5.82 Å². The van der Waals surface area contributed by atoms with Gasteiger partial charge in [0, 0.05) is 6.54 Å². The number of halogens is 1. The number of hydrogen-bond acceptors (Lipinski definition) is 4. The molecule has 0 bridgehead atoms. The molecule has 1 N–H and O–H groups in total. The third-order valence-electron chi connectivity index (χ3n) is 1.78. The maximum absolute atomic E-state index is 13.3. The van der Waals surface area contributed by atoms with E-state index in [4.69, 9.17) is 0 Å². The van der Waals surface area contributed by atoms with Gasteiger partial charge in [0.05, 0.1) is 6.20 Å². The molecule has 0 aliphatic heterocycles. The second-order valence-electron chi connectivity index (χ2n) is 3.08. The van der Waals surface area contributed by atoms with Crippen LogP contribution in [-0.4, -0.2) is 22.3 Å². The summed E-state index contributed by atoms with van der Waals surface area (Å²) >= 11 is 1.45. The third-order valence-corrected chi connectivity index (χ3v) is 2.84. The van der Waals surface area contributed by atoms with Crippen LogP contribution in [0.25, 0.3) is 0 Å². The van der Waals surface area contributed by atoms with Crippen LogP contribution >= 0.6 is 11.8 Å². The average molecular weight is 229 g/mol. The number of hydrogen-bond donors (Lipinski definition) is 1. The predicted octanol–water partition coefficient (Wildman–Crippen LogP) is 2.94. The molecule has 84 valence electrons. The largest absolute Gasteiger partial charge is 0.354 e. The van der Waals surface area contributed by atoms with Crippen LogP contribution in [-0.2, 0) is 0 Å². The smallest absolute Gasteiger partial charge is 0.223 e. The van der Waals surface area contributed by atoms with E-state index in [9.17, 15) is 4.39 Å². The molecular weight excluding hydrogens is 213 g/mol. The van der Waals surface area contributed by atoms with Gasteiger partial charge in [-0.25, -0.2) is 14.4 Å². The van der Waals surface area contributed by atoms with Crippen molar-refractivity contribution in [2.75, 3.05) is 17.6 Å². The van der Waals surface area contributed by atoms with Crippen molar-refractivity contribution >= 4 is 17.7 Å². The van der Waals surface area contributed by atoms with Crippen LogP contribution in [0.4, 0.5) is 10.3 Å². The molecule has 15 heavy (non-hydrogen) atoms. The first-order valence-electron chi connectivity index (χ1n) is 5.17. The van der Waals surface area contributed by atoms with Gasteiger partial charge in [-0.3, -0.25) is 0 Å². The summed E-state index contributed by atoms with van der Waals surface area (Å²) in [6.07, 6.45) is 3.41. The zero-order valence-electron chi connectivity index (χ0n) is 9.09. The molecular formula is C10H16FN3S. The first kappa shape index (κ1) is 12.2. The van der Waals surface area contributed by atoms with Gasteiger partial charge < -0.3 is 5.32 Å². The van der Waals surface area contributed by atoms with Crippen LogP contribution < -0.4 is 5.32 Å². The number of unbranched alkanes of at least 4 members (excludes halogenated alkanes) is 1. The van der Waals surface area contributed by atoms with Gasteiger partial charge in [-0.05, 0) is 19.1 Å². The van der Waals surface area contributed by atoms with Gasteiger partial charge in [0.25, 0.3) is 0 Å². The van der Waals surface area contributed by atoms with Crippen molar-refractivity contribution < 1.29 is 4.39 Å². The maximum atomic E-state index is 13.3. The number of nitrogens with one attached hydrogen (secondary N) is 1. The Balaban J connectivity index is 2.63. The summed E-state index contributed by atoms with van der Waals surface area (Å²) in [6.45, 7) is 4.81. The van der Waals surface area contributed by atoms with E-state index in [0.717, 1.165) is 25.1 Å². The molecule has 0 radical (unpaired) electrons. The highest BCUT2D eigenvalue weighted by Crippen LogP contribution is 2.20. The number of thioether (sulfide) groups is 1. The summed E-state index contributed by atoms with van der Waals surface area (Å²) < 4.78 is 13.3. The Morgan fingerprint density at radius 1 is 1.47 bits per heavy atom. The van der Waals surface area contributed by atoms with E-state index < -0.39 is 0 Å².